The second kappa shape index (κ2) is 7.22. The van der Waals surface area contributed by atoms with Crippen LogP contribution in [0.2, 0.25) is 10.0 Å². The number of nitrogens with one attached hydrogen (secondary N) is 1. The van der Waals surface area contributed by atoms with Crippen LogP contribution in [0.25, 0.3) is 0 Å². The number of aromatic nitrogens is 1. The Morgan fingerprint density at radius 1 is 1.48 bits per heavy atom. The maximum atomic E-state index is 11.6. The van der Waals surface area contributed by atoms with Crippen LogP contribution in [0, 0.1) is 0 Å². The van der Waals surface area contributed by atoms with Gasteiger partial charge < -0.3 is 11.1 Å². The molecule has 0 aliphatic rings. The van der Waals surface area contributed by atoms with Crippen LogP contribution in [0.1, 0.15) is 23.8 Å². The van der Waals surface area contributed by atoms with E-state index in [2.05, 4.69) is 10.3 Å². The van der Waals surface area contributed by atoms with E-state index in [9.17, 15) is 4.79 Å². The van der Waals surface area contributed by atoms with E-state index in [1.54, 1.807) is 25.3 Å². The van der Waals surface area contributed by atoms with E-state index in [1.807, 2.05) is 6.07 Å². The maximum Gasteiger partial charge on any atom is 0.227 e. The summed E-state index contributed by atoms with van der Waals surface area (Å²) >= 11 is 13.5. The van der Waals surface area contributed by atoms with Gasteiger partial charge in [-0.3, -0.25) is 4.79 Å². The van der Waals surface area contributed by atoms with Crippen molar-refractivity contribution in [2.75, 3.05) is 5.32 Å². The SMILES string of the molecule is CC(N)CC(=O)Nc1ncc(Cc2cc(Cl)ccc2Cl)s1. The van der Waals surface area contributed by atoms with Gasteiger partial charge in [-0.2, -0.15) is 0 Å². The number of anilines is 1. The van der Waals surface area contributed by atoms with Gasteiger partial charge in [0.1, 0.15) is 0 Å². The first-order valence-electron chi connectivity index (χ1n) is 6.38. The molecule has 1 aromatic heterocycles. The molecule has 0 saturated heterocycles. The van der Waals surface area contributed by atoms with E-state index in [4.69, 9.17) is 28.9 Å². The van der Waals surface area contributed by atoms with Gasteiger partial charge in [-0.1, -0.05) is 23.2 Å². The van der Waals surface area contributed by atoms with Crippen LogP contribution in [-0.4, -0.2) is 16.9 Å². The molecule has 0 spiro atoms. The van der Waals surface area contributed by atoms with Crippen LogP contribution >= 0.6 is 34.5 Å². The van der Waals surface area contributed by atoms with Crippen molar-refractivity contribution >= 4 is 45.6 Å². The lowest BCUT2D eigenvalue weighted by Crippen LogP contribution is -2.23. The molecule has 2 rings (SSSR count). The van der Waals surface area contributed by atoms with Crippen LogP contribution in [0.3, 0.4) is 0 Å². The second-order valence-corrected chi connectivity index (χ2v) is 6.73. The van der Waals surface area contributed by atoms with Crippen molar-refractivity contribution in [1.29, 1.82) is 0 Å². The van der Waals surface area contributed by atoms with Crippen molar-refractivity contribution in [3.05, 3.63) is 44.9 Å². The molecule has 1 amide bonds. The lowest BCUT2D eigenvalue weighted by Gasteiger charge is -2.04. The number of nitrogens with zero attached hydrogens (tertiary/aromatic N) is 1. The first-order chi connectivity index (χ1) is 9.94. The summed E-state index contributed by atoms with van der Waals surface area (Å²) in [4.78, 5) is 16.8. The number of carbonyl (C=O) groups excluding carboxylic acids is 1. The summed E-state index contributed by atoms with van der Waals surface area (Å²) in [6, 6.07) is 5.18. The minimum absolute atomic E-state index is 0.133. The number of hydrogen-bond acceptors (Lipinski definition) is 4. The second-order valence-electron chi connectivity index (χ2n) is 4.77. The zero-order chi connectivity index (χ0) is 15.4. The summed E-state index contributed by atoms with van der Waals surface area (Å²) in [6.07, 6.45) is 2.62. The van der Waals surface area contributed by atoms with Gasteiger partial charge in [-0.15, -0.1) is 11.3 Å². The Labute approximate surface area is 137 Å². The first kappa shape index (κ1) is 16.2. The van der Waals surface area contributed by atoms with E-state index in [-0.39, 0.29) is 18.4 Å². The molecule has 0 saturated carbocycles. The maximum absolute atomic E-state index is 11.6. The Morgan fingerprint density at radius 2 is 2.24 bits per heavy atom. The van der Waals surface area contributed by atoms with Gasteiger partial charge in [0.15, 0.2) is 5.13 Å². The summed E-state index contributed by atoms with van der Waals surface area (Å²) in [7, 11) is 0. The predicted octanol–water partition coefficient (Wildman–Crippen LogP) is 3.72. The molecule has 4 nitrogen and oxygen atoms in total. The zero-order valence-electron chi connectivity index (χ0n) is 11.4. The van der Waals surface area contributed by atoms with Gasteiger partial charge in [0, 0.05) is 40.0 Å². The van der Waals surface area contributed by atoms with Crippen molar-refractivity contribution in [3.8, 4) is 0 Å². The molecule has 21 heavy (non-hydrogen) atoms. The molecular weight excluding hydrogens is 329 g/mol. The van der Waals surface area contributed by atoms with Gasteiger partial charge >= 0.3 is 0 Å². The number of carbonyl (C=O) groups is 1. The van der Waals surface area contributed by atoms with Gasteiger partial charge in [-0.25, -0.2) is 4.98 Å². The van der Waals surface area contributed by atoms with Crippen LogP contribution < -0.4 is 11.1 Å². The summed E-state index contributed by atoms with van der Waals surface area (Å²) in [5.41, 5.74) is 6.51. The molecule has 1 atom stereocenters. The number of amides is 1. The predicted molar refractivity (Wildman–Crippen MR) is 88.3 cm³/mol. The van der Waals surface area contributed by atoms with Crippen LogP contribution in [0.15, 0.2) is 24.4 Å². The van der Waals surface area contributed by atoms with Crippen molar-refractivity contribution < 1.29 is 4.79 Å². The Balaban J connectivity index is 2.03. The number of thiazole rings is 1. The Kier molecular flexibility index (Phi) is 5.58. The van der Waals surface area contributed by atoms with Crippen LogP contribution in [0.5, 0.6) is 0 Å². The molecule has 1 unspecified atom stereocenters. The number of nitrogens with two attached hydrogens (primary N) is 1. The van der Waals surface area contributed by atoms with Crippen molar-refractivity contribution in [2.24, 2.45) is 5.73 Å². The molecule has 0 bridgehead atoms. The van der Waals surface area contributed by atoms with Crippen LogP contribution in [-0.2, 0) is 11.2 Å². The van der Waals surface area contributed by atoms with Crippen LogP contribution in [0.4, 0.5) is 5.13 Å². The van der Waals surface area contributed by atoms with Crippen molar-refractivity contribution in [1.82, 2.24) is 4.98 Å². The highest BCUT2D eigenvalue weighted by atomic mass is 35.5. The number of rotatable bonds is 5. The van der Waals surface area contributed by atoms with Gasteiger partial charge in [0.2, 0.25) is 5.91 Å². The quantitative estimate of drug-likeness (QED) is 0.869. The average Bonchev–Trinajstić information content (AvgIpc) is 2.80. The standard InChI is InChI=1S/C14H15Cl2N3OS/c1-8(17)4-13(20)19-14-18-7-11(21-14)6-9-5-10(15)2-3-12(9)16/h2-3,5,7-8H,4,6,17H2,1H3,(H,18,19,20). The smallest absolute Gasteiger partial charge is 0.227 e. The van der Waals surface area contributed by atoms with E-state index in [0.29, 0.717) is 21.6 Å². The fourth-order valence-electron chi connectivity index (χ4n) is 1.78. The normalized spacial score (nSPS) is 12.2. The lowest BCUT2D eigenvalue weighted by atomic mass is 10.1. The number of hydrogen-bond donors (Lipinski definition) is 2. The third-order valence-corrected chi connectivity index (χ3v) is 4.20. The fourth-order valence-corrected chi connectivity index (χ4v) is 3.01. The number of benzene rings is 1. The van der Waals surface area contributed by atoms with Gasteiger partial charge in [0.25, 0.3) is 0 Å². The summed E-state index contributed by atoms with van der Waals surface area (Å²) in [5.74, 6) is -0.133. The minimum atomic E-state index is -0.172. The highest BCUT2D eigenvalue weighted by Crippen LogP contribution is 2.26. The van der Waals surface area contributed by atoms with Crippen molar-refractivity contribution in [3.63, 3.8) is 0 Å². The summed E-state index contributed by atoms with van der Waals surface area (Å²) < 4.78 is 0. The topological polar surface area (TPSA) is 68.0 Å². The van der Waals surface area contributed by atoms with Crippen molar-refractivity contribution in [2.45, 2.75) is 25.8 Å². The zero-order valence-corrected chi connectivity index (χ0v) is 13.7. The third kappa shape index (κ3) is 4.97. The Morgan fingerprint density at radius 3 is 2.95 bits per heavy atom. The van der Waals surface area contributed by atoms with E-state index >= 15 is 0 Å². The highest BCUT2D eigenvalue weighted by Gasteiger charge is 2.10. The number of halogens is 2. The molecule has 0 aliphatic carbocycles. The molecule has 1 heterocycles. The van der Waals surface area contributed by atoms with E-state index in [0.717, 1.165) is 10.4 Å². The van der Waals surface area contributed by atoms with E-state index in [1.165, 1.54) is 11.3 Å². The molecule has 0 radical (unpaired) electrons. The van der Waals surface area contributed by atoms with Gasteiger partial charge in [0.05, 0.1) is 0 Å². The molecular formula is C14H15Cl2N3OS. The molecule has 1 aromatic carbocycles. The average molecular weight is 344 g/mol. The molecule has 0 aliphatic heterocycles. The molecule has 2 aromatic rings. The minimum Gasteiger partial charge on any atom is -0.327 e. The monoisotopic (exact) mass is 343 g/mol. The largest absolute Gasteiger partial charge is 0.327 e. The fraction of sp³-hybridized carbons (Fsp3) is 0.286. The summed E-state index contributed by atoms with van der Waals surface area (Å²) in [6.45, 7) is 1.79. The van der Waals surface area contributed by atoms with Gasteiger partial charge in [-0.05, 0) is 30.7 Å². The molecule has 0 fully saturated rings. The third-order valence-electron chi connectivity index (χ3n) is 2.68. The highest BCUT2D eigenvalue weighted by molar-refractivity contribution is 7.15. The summed E-state index contributed by atoms with van der Waals surface area (Å²) in [5, 5.41) is 4.60. The molecule has 3 N–H and O–H groups in total. The molecule has 7 heteroatoms. The lowest BCUT2D eigenvalue weighted by molar-refractivity contribution is -0.116. The Bertz CT molecular complexity index is 643. The molecule has 112 valence electrons. The van der Waals surface area contributed by atoms with E-state index < -0.39 is 0 Å². The first-order valence-corrected chi connectivity index (χ1v) is 7.95. The Hall–Kier alpha value is -1.14.